The molecule has 0 aliphatic heterocycles. The van der Waals surface area contributed by atoms with Gasteiger partial charge in [-0.2, -0.15) is 0 Å². The van der Waals surface area contributed by atoms with Crippen LogP contribution >= 0.6 is 0 Å². The fourth-order valence-electron chi connectivity index (χ4n) is 2.96. The van der Waals surface area contributed by atoms with Crippen molar-refractivity contribution in [1.29, 1.82) is 0 Å². The van der Waals surface area contributed by atoms with Gasteiger partial charge in [0.25, 0.3) is 11.6 Å². The molecule has 132 valence electrons. The molecule has 0 saturated carbocycles. The highest BCUT2D eigenvalue weighted by atomic mass is 19.1. The van der Waals surface area contributed by atoms with Gasteiger partial charge in [0.1, 0.15) is 5.82 Å². The lowest BCUT2D eigenvalue weighted by Crippen LogP contribution is -2.26. The van der Waals surface area contributed by atoms with E-state index in [1.807, 2.05) is 42.5 Å². The molecule has 0 aliphatic rings. The minimum absolute atomic E-state index is 0.0393. The quantitative estimate of drug-likeness (QED) is 0.514. The lowest BCUT2D eigenvalue weighted by Gasteiger charge is -2.19. The third-order valence-corrected chi connectivity index (χ3v) is 4.39. The summed E-state index contributed by atoms with van der Waals surface area (Å²) in [6, 6.07) is 15.8. The maximum atomic E-state index is 14.0. The average molecular weight is 352 g/mol. The van der Waals surface area contributed by atoms with Crippen LogP contribution in [0.1, 0.15) is 21.5 Å². The Morgan fingerprint density at radius 2 is 1.85 bits per heavy atom. The van der Waals surface area contributed by atoms with Crippen LogP contribution in [0.5, 0.6) is 0 Å². The third kappa shape index (κ3) is 3.26. The van der Waals surface area contributed by atoms with E-state index in [4.69, 9.17) is 0 Å². The molecular formula is C20H17FN2O3. The standard InChI is InChI=1S/C20H17FN2O3/c1-13-18(21)10-16(11-19(13)23(25)26)20(24)22(2)12-15-8-5-7-14-6-3-4-9-17(14)15/h3-11H,12H2,1-2H3. The second-order valence-electron chi connectivity index (χ2n) is 6.16. The van der Waals surface area contributed by atoms with Crippen LogP contribution in [0.4, 0.5) is 10.1 Å². The lowest BCUT2D eigenvalue weighted by molar-refractivity contribution is -0.385. The summed E-state index contributed by atoms with van der Waals surface area (Å²) in [4.78, 5) is 24.5. The van der Waals surface area contributed by atoms with Crippen molar-refractivity contribution < 1.29 is 14.1 Å². The zero-order valence-electron chi connectivity index (χ0n) is 14.4. The van der Waals surface area contributed by atoms with Crippen LogP contribution in [0.2, 0.25) is 0 Å². The van der Waals surface area contributed by atoms with Crippen LogP contribution in [0.3, 0.4) is 0 Å². The fraction of sp³-hybridized carbons (Fsp3) is 0.150. The fourth-order valence-corrected chi connectivity index (χ4v) is 2.96. The molecule has 0 aliphatic carbocycles. The number of carbonyl (C=O) groups is 1. The van der Waals surface area contributed by atoms with Crippen molar-refractivity contribution in [3.05, 3.63) is 87.2 Å². The van der Waals surface area contributed by atoms with Crippen molar-refractivity contribution in [3.63, 3.8) is 0 Å². The molecule has 0 aromatic heterocycles. The molecule has 0 fully saturated rings. The number of hydrogen-bond acceptors (Lipinski definition) is 3. The van der Waals surface area contributed by atoms with Gasteiger partial charge in [0.05, 0.1) is 10.5 Å². The van der Waals surface area contributed by atoms with E-state index in [-0.39, 0.29) is 11.1 Å². The molecule has 3 rings (SSSR count). The Morgan fingerprint density at radius 1 is 1.15 bits per heavy atom. The first kappa shape index (κ1) is 17.5. The van der Waals surface area contributed by atoms with Crippen molar-refractivity contribution >= 4 is 22.4 Å². The molecule has 0 radical (unpaired) electrons. The topological polar surface area (TPSA) is 63.5 Å². The summed E-state index contributed by atoms with van der Waals surface area (Å²) in [5.41, 5.74) is 0.429. The van der Waals surface area contributed by atoms with E-state index in [0.29, 0.717) is 6.54 Å². The van der Waals surface area contributed by atoms with E-state index in [1.54, 1.807) is 7.05 Å². The minimum Gasteiger partial charge on any atom is -0.337 e. The molecule has 0 N–H and O–H groups in total. The second-order valence-corrected chi connectivity index (χ2v) is 6.16. The van der Waals surface area contributed by atoms with Crippen LogP contribution in [-0.4, -0.2) is 22.8 Å². The van der Waals surface area contributed by atoms with E-state index in [2.05, 4.69) is 0 Å². The molecule has 6 heteroatoms. The first-order valence-electron chi connectivity index (χ1n) is 8.05. The van der Waals surface area contributed by atoms with Crippen LogP contribution in [0, 0.1) is 22.9 Å². The van der Waals surface area contributed by atoms with Gasteiger partial charge in [-0.15, -0.1) is 0 Å². The van der Waals surface area contributed by atoms with E-state index in [1.165, 1.54) is 11.8 Å². The van der Waals surface area contributed by atoms with Crippen molar-refractivity contribution in [3.8, 4) is 0 Å². The number of amides is 1. The predicted molar refractivity (Wildman–Crippen MR) is 97.5 cm³/mol. The largest absolute Gasteiger partial charge is 0.337 e. The summed E-state index contributed by atoms with van der Waals surface area (Å²) < 4.78 is 14.0. The molecule has 0 atom stereocenters. The molecule has 5 nitrogen and oxygen atoms in total. The van der Waals surface area contributed by atoms with Crippen LogP contribution in [0.25, 0.3) is 10.8 Å². The van der Waals surface area contributed by atoms with Crippen molar-refractivity contribution in [2.75, 3.05) is 7.05 Å². The van der Waals surface area contributed by atoms with Crippen molar-refractivity contribution in [2.24, 2.45) is 0 Å². The minimum atomic E-state index is -0.763. The molecule has 3 aromatic carbocycles. The zero-order valence-corrected chi connectivity index (χ0v) is 14.4. The van der Waals surface area contributed by atoms with Gasteiger partial charge >= 0.3 is 0 Å². The van der Waals surface area contributed by atoms with Gasteiger partial charge in [-0.1, -0.05) is 42.5 Å². The van der Waals surface area contributed by atoms with E-state index in [0.717, 1.165) is 28.5 Å². The summed E-state index contributed by atoms with van der Waals surface area (Å²) >= 11 is 0. The molecule has 0 spiro atoms. The number of nitro groups is 1. The maximum Gasteiger partial charge on any atom is 0.276 e. The van der Waals surface area contributed by atoms with Gasteiger partial charge in [-0.25, -0.2) is 4.39 Å². The van der Waals surface area contributed by atoms with Gasteiger partial charge in [-0.05, 0) is 29.3 Å². The molecule has 26 heavy (non-hydrogen) atoms. The third-order valence-electron chi connectivity index (χ3n) is 4.39. The Bertz CT molecular complexity index is 1010. The number of nitrogens with zero attached hydrogens (tertiary/aromatic N) is 2. The van der Waals surface area contributed by atoms with E-state index in [9.17, 15) is 19.3 Å². The Kier molecular flexibility index (Phi) is 4.67. The Labute approximate surface area is 149 Å². The summed E-state index contributed by atoms with van der Waals surface area (Å²) in [5.74, 6) is -1.24. The van der Waals surface area contributed by atoms with E-state index < -0.39 is 22.3 Å². The monoisotopic (exact) mass is 352 g/mol. The number of halogens is 1. The summed E-state index contributed by atoms with van der Waals surface area (Å²) in [7, 11) is 1.59. The lowest BCUT2D eigenvalue weighted by atomic mass is 10.0. The molecule has 3 aromatic rings. The Hall–Kier alpha value is -3.28. The molecule has 0 bridgehead atoms. The first-order chi connectivity index (χ1) is 12.4. The van der Waals surface area contributed by atoms with Crippen molar-refractivity contribution in [2.45, 2.75) is 13.5 Å². The number of hydrogen-bond donors (Lipinski definition) is 0. The first-order valence-corrected chi connectivity index (χ1v) is 8.05. The Morgan fingerprint density at radius 3 is 2.58 bits per heavy atom. The Balaban J connectivity index is 1.92. The smallest absolute Gasteiger partial charge is 0.276 e. The highest BCUT2D eigenvalue weighted by molar-refractivity contribution is 5.95. The summed E-state index contributed by atoms with van der Waals surface area (Å²) in [6.45, 7) is 1.63. The molecule has 0 unspecified atom stereocenters. The van der Waals surface area contributed by atoms with Gasteiger partial charge < -0.3 is 4.90 Å². The van der Waals surface area contributed by atoms with Gasteiger partial charge in [-0.3, -0.25) is 14.9 Å². The number of benzene rings is 3. The number of nitro benzene ring substituents is 1. The van der Waals surface area contributed by atoms with Crippen LogP contribution in [0.15, 0.2) is 54.6 Å². The summed E-state index contributed by atoms with van der Waals surface area (Å²) in [5, 5.41) is 13.2. The molecule has 0 heterocycles. The molecule has 1 amide bonds. The number of rotatable bonds is 4. The SMILES string of the molecule is Cc1c(F)cc(C(=O)N(C)Cc2cccc3ccccc23)cc1[N+](=O)[O-]. The van der Waals surface area contributed by atoms with Gasteiger partial charge in [0.2, 0.25) is 0 Å². The normalized spacial score (nSPS) is 10.7. The van der Waals surface area contributed by atoms with Crippen molar-refractivity contribution in [1.82, 2.24) is 4.90 Å². The highest BCUT2D eigenvalue weighted by Crippen LogP contribution is 2.25. The summed E-state index contributed by atoms with van der Waals surface area (Å²) in [6.07, 6.45) is 0. The molecule has 0 saturated heterocycles. The van der Waals surface area contributed by atoms with Gasteiger partial charge in [0, 0.05) is 25.2 Å². The number of fused-ring (bicyclic) bond motifs is 1. The van der Waals surface area contributed by atoms with E-state index >= 15 is 0 Å². The number of carbonyl (C=O) groups excluding carboxylic acids is 1. The average Bonchev–Trinajstić information content (AvgIpc) is 2.63. The maximum absolute atomic E-state index is 14.0. The van der Waals surface area contributed by atoms with Crippen LogP contribution < -0.4 is 0 Å². The predicted octanol–water partition coefficient (Wildman–Crippen LogP) is 4.47. The second kappa shape index (κ2) is 6.92. The zero-order chi connectivity index (χ0) is 18.8. The molecular weight excluding hydrogens is 335 g/mol. The van der Waals surface area contributed by atoms with Crippen LogP contribution in [-0.2, 0) is 6.54 Å². The van der Waals surface area contributed by atoms with Gasteiger partial charge in [0.15, 0.2) is 0 Å². The highest BCUT2D eigenvalue weighted by Gasteiger charge is 2.21.